The minimum atomic E-state index is -0.594. The van der Waals surface area contributed by atoms with Gasteiger partial charge in [-0.15, -0.1) is 0 Å². The maximum Gasteiger partial charge on any atom is 0.285 e. The highest BCUT2D eigenvalue weighted by Gasteiger charge is 2.28. The molecule has 0 bridgehead atoms. The van der Waals surface area contributed by atoms with Crippen molar-refractivity contribution >= 4 is 11.6 Å². The number of amides is 1. The van der Waals surface area contributed by atoms with E-state index in [-0.39, 0.29) is 24.2 Å². The summed E-state index contributed by atoms with van der Waals surface area (Å²) in [7, 11) is 0. The molecular formula is C16H17N5O4. The molecule has 1 N–H and O–H groups in total. The van der Waals surface area contributed by atoms with E-state index in [0.717, 1.165) is 28.5 Å². The summed E-state index contributed by atoms with van der Waals surface area (Å²) in [5, 5.41) is 14.1. The van der Waals surface area contributed by atoms with Gasteiger partial charge in [0.2, 0.25) is 5.91 Å². The lowest BCUT2D eigenvalue weighted by Crippen LogP contribution is -2.50. The van der Waals surface area contributed by atoms with E-state index in [1.54, 1.807) is 23.4 Å². The van der Waals surface area contributed by atoms with Crippen molar-refractivity contribution in [2.24, 2.45) is 0 Å². The second-order valence-electron chi connectivity index (χ2n) is 5.70. The van der Waals surface area contributed by atoms with E-state index in [9.17, 15) is 19.7 Å². The Balaban J connectivity index is 1.83. The number of hydrogen-bond donors (Lipinski definition) is 1. The van der Waals surface area contributed by atoms with E-state index >= 15 is 0 Å². The van der Waals surface area contributed by atoms with Crippen molar-refractivity contribution in [3.63, 3.8) is 0 Å². The number of hydrogen-bond acceptors (Lipinski definition) is 6. The molecule has 9 nitrogen and oxygen atoms in total. The lowest BCUT2D eigenvalue weighted by Gasteiger charge is -2.36. The number of rotatable bonds is 4. The summed E-state index contributed by atoms with van der Waals surface area (Å²) < 4.78 is 1.07. The highest BCUT2D eigenvalue weighted by Crippen LogP contribution is 2.21. The number of piperazine rings is 1. The topological polar surface area (TPSA) is 110 Å². The highest BCUT2D eigenvalue weighted by atomic mass is 16.6. The Kier molecular flexibility index (Phi) is 4.85. The van der Waals surface area contributed by atoms with E-state index in [1.807, 2.05) is 6.07 Å². The second-order valence-corrected chi connectivity index (χ2v) is 5.70. The van der Waals surface area contributed by atoms with Crippen molar-refractivity contribution in [2.45, 2.75) is 12.6 Å². The molecule has 25 heavy (non-hydrogen) atoms. The zero-order chi connectivity index (χ0) is 17.8. The van der Waals surface area contributed by atoms with Crippen LogP contribution in [0.15, 0.2) is 47.7 Å². The number of nitrogens with zero attached hydrogens (tertiary/aromatic N) is 4. The Hall–Kier alpha value is -3.07. The van der Waals surface area contributed by atoms with Gasteiger partial charge in [0.1, 0.15) is 6.54 Å². The van der Waals surface area contributed by atoms with Gasteiger partial charge in [0.05, 0.1) is 17.2 Å². The quantitative estimate of drug-likeness (QED) is 0.632. The first-order chi connectivity index (χ1) is 12.1. The zero-order valence-electron chi connectivity index (χ0n) is 13.4. The third-order valence-electron chi connectivity index (χ3n) is 4.12. The average molecular weight is 343 g/mol. The molecule has 1 unspecified atom stereocenters. The van der Waals surface area contributed by atoms with Crippen molar-refractivity contribution in [3.8, 4) is 0 Å². The molecule has 0 aromatic carbocycles. The van der Waals surface area contributed by atoms with Crippen LogP contribution in [0.4, 0.5) is 5.69 Å². The molecule has 1 aliphatic rings. The standard InChI is InChI=1S/C16H17N5O4/c22-15-4-3-13(21(24)25)10-19(15)11-16(23)20-7-6-18-9-14(20)12-2-1-5-17-8-12/h1-5,8,10,14,18H,6-7,9,11H2. The van der Waals surface area contributed by atoms with Gasteiger partial charge in [-0.1, -0.05) is 6.07 Å². The first kappa shape index (κ1) is 16.8. The lowest BCUT2D eigenvalue weighted by molar-refractivity contribution is -0.385. The van der Waals surface area contributed by atoms with Crippen LogP contribution in [0.1, 0.15) is 11.6 Å². The van der Waals surface area contributed by atoms with Gasteiger partial charge >= 0.3 is 0 Å². The van der Waals surface area contributed by atoms with E-state index in [0.29, 0.717) is 19.6 Å². The summed E-state index contributed by atoms with van der Waals surface area (Å²) in [6.07, 6.45) is 4.47. The predicted molar refractivity (Wildman–Crippen MR) is 88.9 cm³/mol. The van der Waals surface area contributed by atoms with Crippen LogP contribution in [0, 0.1) is 10.1 Å². The molecule has 1 atom stereocenters. The first-order valence-electron chi connectivity index (χ1n) is 7.81. The smallest absolute Gasteiger partial charge is 0.285 e. The Morgan fingerprint density at radius 3 is 2.96 bits per heavy atom. The molecule has 3 rings (SSSR count). The van der Waals surface area contributed by atoms with Gasteiger partial charge in [-0.2, -0.15) is 0 Å². The van der Waals surface area contributed by atoms with Crippen LogP contribution in [-0.4, -0.2) is 44.9 Å². The maximum absolute atomic E-state index is 12.7. The highest BCUT2D eigenvalue weighted by molar-refractivity contribution is 5.76. The fourth-order valence-electron chi connectivity index (χ4n) is 2.86. The average Bonchev–Trinajstić information content (AvgIpc) is 2.64. The van der Waals surface area contributed by atoms with Gasteiger partial charge < -0.3 is 10.2 Å². The molecule has 0 aliphatic carbocycles. The molecule has 0 saturated carbocycles. The SMILES string of the molecule is O=C(Cn1cc([N+](=O)[O-])ccc1=O)N1CCNCC1c1cccnc1. The Morgan fingerprint density at radius 1 is 1.40 bits per heavy atom. The van der Waals surface area contributed by atoms with Gasteiger partial charge in [0.25, 0.3) is 11.2 Å². The van der Waals surface area contributed by atoms with Gasteiger partial charge in [0.15, 0.2) is 0 Å². The van der Waals surface area contributed by atoms with Crippen LogP contribution < -0.4 is 10.9 Å². The predicted octanol–water partition coefficient (Wildman–Crippen LogP) is 0.325. The molecule has 9 heteroatoms. The van der Waals surface area contributed by atoms with Crippen LogP contribution in [0.5, 0.6) is 0 Å². The molecule has 0 spiro atoms. The van der Waals surface area contributed by atoms with Crippen molar-refractivity contribution < 1.29 is 9.72 Å². The van der Waals surface area contributed by atoms with E-state index < -0.39 is 10.5 Å². The summed E-state index contributed by atoms with van der Waals surface area (Å²) in [5.41, 5.74) is 0.220. The summed E-state index contributed by atoms with van der Waals surface area (Å²) in [6, 6.07) is 5.74. The Bertz CT molecular complexity index is 836. The fourth-order valence-corrected chi connectivity index (χ4v) is 2.86. The van der Waals surface area contributed by atoms with Crippen LogP contribution in [0.2, 0.25) is 0 Å². The molecule has 130 valence electrons. The van der Waals surface area contributed by atoms with Gasteiger partial charge in [-0.05, 0) is 11.6 Å². The summed E-state index contributed by atoms with van der Waals surface area (Å²) in [6.45, 7) is 1.48. The minimum Gasteiger partial charge on any atom is -0.331 e. The number of carbonyl (C=O) groups excluding carboxylic acids is 1. The van der Waals surface area contributed by atoms with Crippen LogP contribution >= 0.6 is 0 Å². The first-order valence-corrected chi connectivity index (χ1v) is 7.81. The van der Waals surface area contributed by atoms with Crippen molar-refractivity contribution in [1.82, 2.24) is 19.8 Å². The second kappa shape index (κ2) is 7.22. The summed E-state index contributed by atoms with van der Waals surface area (Å²) in [4.78, 5) is 40.7. The van der Waals surface area contributed by atoms with Gasteiger partial charge in [-0.3, -0.25) is 29.3 Å². The molecule has 0 radical (unpaired) electrons. The maximum atomic E-state index is 12.7. The van der Waals surface area contributed by atoms with Crippen LogP contribution in [0.3, 0.4) is 0 Å². The molecular weight excluding hydrogens is 326 g/mol. The molecule has 2 aromatic heterocycles. The van der Waals surface area contributed by atoms with Crippen molar-refractivity contribution in [1.29, 1.82) is 0 Å². The molecule has 2 aromatic rings. The van der Waals surface area contributed by atoms with Crippen molar-refractivity contribution in [3.05, 3.63) is 68.9 Å². The van der Waals surface area contributed by atoms with E-state index in [4.69, 9.17) is 0 Å². The number of aromatic nitrogens is 2. The summed E-state index contributed by atoms with van der Waals surface area (Å²) in [5.74, 6) is -0.266. The Labute approximate surface area is 143 Å². The summed E-state index contributed by atoms with van der Waals surface area (Å²) >= 11 is 0. The largest absolute Gasteiger partial charge is 0.331 e. The molecule has 3 heterocycles. The molecule has 1 aliphatic heterocycles. The third kappa shape index (κ3) is 3.72. The van der Waals surface area contributed by atoms with Gasteiger partial charge in [0, 0.05) is 44.2 Å². The lowest BCUT2D eigenvalue weighted by atomic mass is 10.1. The fraction of sp³-hybridized carbons (Fsp3) is 0.312. The number of nitro groups is 1. The van der Waals surface area contributed by atoms with E-state index in [1.165, 1.54) is 0 Å². The molecule has 1 fully saturated rings. The van der Waals surface area contributed by atoms with Crippen molar-refractivity contribution in [2.75, 3.05) is 19.6 Å². The molecule has 1 saturated heterocycles. The normalized spacial score (nSPS) is 17.3. The number of pyridine rings is 2. The zero-order valence-corrected chi connectivity index (χ0v) is 13.4. The van der Waals surface area contributed by atoms with Gasteiger partial charge in [-0.25, -0.2) is 0 Å². The minimum absolute atomic E-state index is 0.190. The molecule has 1 amide bonds. The monoisotopic (exact) mass is 343 g/mol. The number of carbonyl (C=O) groups is 1. The number of nitrogens with one attached hydrogen (secondary N) is 1. The Morgan fingerprint density at radius 2 is 2.24 bits per heavy atom. The van der Waals surface area contributed by atoms with Crippen LogP contribution in [0.25, 0.3) is 0 Å². The van der Waals surface area contributed by atoms with E-state index in [2.05, 4.69) is 10.3 Å². The van der Waals surface area contributed by atoms with Crippen LogP contribution in [-0.2, 0) is 11.3 Å². The third-order valence-corrected chi connectivity index (χ3v) is 4.12.